The molecule has 20 heavy (non-hydrogen) atoms. The maximum absolute atomic E-state index is 6.33. The number of hydrogen-bond acceptors (Lipinski definition) is 2. The van der Waals surface area contributed by atoms with Crippen molar-refractivity contribution in [3.05, 3.63) is 29.0 Å². The SMILES string of the molecule is CCCCC(CC)CC(NCCC)c1ncccc1Cl. The van der Waals surface area contributed by atoms with Crippen molar-refractivity contribution in [1.29, 1.82) is 0 Å². The molecule has 3 heteroatoms. The zero-order chi connectivity index (χ0) is 14.8. The second kappa shape index (κ2) is 10.2. The van der Waals surface area contributed by atoms with Crippen LogP contribution in [0.5, 0.6) is 0 Å². The van der Waals surface area contributed by atoms with Gasteiger partial charge in [0.05, 0.1) is 16.8 Å². The number of hydrogen-bond donors (Lipinski definition) is 1. The van der Waals surface area contributed by atoms with E-state index in [0.29, 0.717) is 0 Å². The van der Waals surface area contributed by atoms with E-state index in [1.165, 1.54) is 25.7 Å². The summed E-state index contributed by atoms with van der Waals surface area (Å²) >= 11 is 6.33. The Hall–Kier alpha value is -0.600. The summed E-state index contributed by atoms with van der Waals surface area (Å²) in [5.41, 5.74) is 1.01. The maximum Gasteiger partial charge on any atom is 0.0759 e. The van der Waals surface area contributed by atoms with Gasteiger partial charge >= 0.3 is 0 Å². The molecule has 0 amide bonds. The van der Waals surface area contributed by atoms with Gasteiger partial charge in [0.2, 0.25) is 0 Å². The van der Waals surface area contributed by atoms with Gasteiger partial charge in [0.15, 0.2) is 0 Å². The zero-order valence-corrected chi connectivity index (χ0v) is 13.9. The predicted octanol–water partition coefficient (Wildman–Crippen LogP) is 5.38. The highest BCUT2D eigenvalue weighted by Crippen LogP contribution is 2.29. The summed E-state index contributed by atoms with van der Waals surface area (Å²) < 4.78 is 0. The van der Waals surface area contributed by atoms with Crippen LogP contribution in [0.4, 0.5) is 0 Å². The standard InChI is InChI=1S/C17H29ClN2/c1-4-7-9-14(6-3)13-16(19-11-5-2)17-15(18)10-8-12-20-17/h8,10,12,14,16,19H,4-7,9,11,13H2,1-3H3. The van der Waals surface area contributed by atoms with E-state index in [-0.39, 0.29) is 6.04 Å². The molecule has 0 saturated carbocycles. The third-order valence-electron chi connectivity index (χ3n) is 3.87. The van der Waals surface area contributed by atoms with E-state index in [0.717, 1.165) is 36.0 Å². The number of halogens is 1. The Kier molecular flexibility index (Phi) is 8.88. The van der Waals surface area contributed by atoms with Crippen LogP contribution in [0.15, 0.2) is 18.3 Å². The van der Waals surface area contributed by atoms with Crippen molar-refractivity contribution in [3.63, 3.8) is 0 Å². The summed E-state index contributed by atoms with van der Waals surface area (Å²) in [5, 5.41) is 4.40. The van der Waals surface area contributed by atoms with Crippen LogP contribution in [0.3, 0.4) is 0 Å². The summed E-state index contributed by atoms with van der Waals surface area (Å²) in [5.74, 6) is 0.752. The van der Waals surface area contributed by atoms with Gasteiger partial charge in [-0.1, -0.05) is 58.1 Å². The van der Waals surface area contributed by atoms with Crippen molar-refractivity contribution in [3.8, 4) is 0 Å². The first-order valence-corrected chi connectivity index (χ1v) is 8.44. The van der Waals surface area contributed by atoms with E-state index >= 15 is 0 Å². The van der Waals surface area contributed by atoms with Crippen molar-refractivity contribution in [2.45, 2.75) is 65.3 Å². The van der Waals surface area contributed by atoms with Crippen molar-refractivity contribution >= 4 is 11.6 Å². The number of nitrogens with one attached hydrogen (secondary N) is 1. The van der Waals surface area contributed by atoms with Crippen LogP contribution < -0.4 is 5.32 Å². The Bertz CT molecular complexity index is 368. The fourth-order valence-corrected chi connectivity index (χ4v) is 2.83. The monoisotopic (exact) mass is 296 g/mol. The topological polar surface area (TPSA) is 24.9 Å². The molecule has 2 nitrogen and oxygen atoms in total. The largest absolute Gasteiger partial charge is 0.309 e. The van der Waals surface area contributed by atoms with Crippen molar-refractivity contribution < 1.29 is 0 Å². The van der Waals surface area contributed by atoms with Gasteiger partial charge in [0.1, 0.15) is 0 Å². The lowest BCUT2D eigenvalue weighted by atomic mass is 9.90. The molecule has 0 aliphatic rings. The normalized spacial score (nSPS) is 14.2. The zero-order valence-electron chi connectivity index (χ0n) is 13.2. The van der Waals surface area contributed by atoms with Crippen LogP contribution in [0, 0.1) is 5.92 Å². The Morgan fingerprint density at radius 1 is 1.25 bits per heavy atom. The van der Waals surface area contributed by atoms with Gasteiger partial charge in [-0.2, -0.15) is 0 Å². The van der Waals surface area contributed by atoms with Gasteiger partial charge in [0, 0.05) is 6.20 Å². The lowest BCUT2D eigenvalue weighted by Gasteiger charge is -2.24. The first kappa shape index (κ1) is 17.5. The van der Waals surface area contributed by atoms with Gasteiger partial charge in [-0.25, -0.2) is 0 Å². The molecule has 114 valence electrons. The summed E-state index contributed by atoms with van der Waals surface area (Å²) in [6, 6.07) is 4.12. The van der Waals surface area contributed by atoms with E-state index in [9.17, 15) is 0 Å². The summed E-state index contributed by atoms with van der Waals surface area (Å²) in [6.45, 7) is 7.76. The molecular formula is C17H29ClN2. The molecule has 2 atom stereocenters. The average Bonchev–Trinajstić information content (AvgIpc) is 2.47. The molecule has 0 fully saturated rings. The van der Waals surface area contributed by atoms with E-state index in [1.54, 1.807) is 0 Å². The predicted molar refractivity (Wildman–Crippen MR) is 88.2 cm³/mol. The molecule has 0 spiro atoms. The lowest BCUT2D eigenvalue weighted by molar-refractivity contribution is 0.350. The van der Waals surface area contributed by atoms with Gasteiger partial charge in [-0.15, -0.1) is 0 Å². The van der Waals surface area contributed by atoms with Crippen molar-refractivity contribution in [2.24, 2.45) is 5.92 Å². The Balaban J connectivity index is 2.75. The molecule has 0 aliphatic carbocycles. The minimum Gasteiger partial charge on any atom is -0.309 e. The van der Waals surface area contributed by atoms with Gasteiger partial charge in [0.25, 0.3) is 0 Å². The van der Waals surface area contributed by atoms with Gasteiger partial charge in [-0.05, 0) is 37.4 Å². The van der Waals surface area contributed by atoms with E-state index in [2.05, 4.69) is 31.1 Å². The van der Waals surface area contributed by atoms with Crippen molar-refractivity contribution in [1.82, 2.24) is 10.3 Å². The highest BCUT2D eigenvalue weighted by molar-refractivity contribution is 6.31. The second-order valence-electron chi connectivity index (χ2n) is 5.53. The minimum atomic E-state index is 0.283. The first-order chi connectivity index (χ1) is 9.72. The average molecular weight is 297 g/mol. The summed E-state index contributed by atoms with van der Waals surface area (Å²) in [7, 11) is 0. The van der Waals surface area contributed by atoms with E-state index in [1.807, 2.05) is 18.3 Å². The Morgan fingerprint density at radius 2 is 2.05 bits per heavy atom. The third-order valence-corrected chi connectivity index (χ3v) is 4.19. The third kappa shape index (κ3) is 5.80. The van der Waals surface area contributed by atoms with Gasteiger partial charge in [-0.3, -0.25) is 4.98 Å². The van der Waals surface area contributed by atoms with Gasteiger partial charge < -0.3 is 5.32 Å². The van der Waals surface area contributed by atoms with Crippen LogP contribution in [0.25, 0.3) is 0 Å². The fraction of sp³-hybridized carbons (Fsp3) is 0.706. The number of unbranched alkanes of at least 4 members (excludes halogenated alkanes) is 1. The number of rotatable bonds is 10. The molecule has 1 N–H and O–H groups in total. The molecule has 0 bridgehead atoms. The molecule has 1 aromatic heterocycles. The first-order valence-electron chi connectivity index (χ1n) is 8.06. The molecule has 0 aliphatic heterocycles. The smallest absolute Gasteiger partial charge is 0.0759 e. The Labute approximate surface area is 129 Å². The maximum atomic E-state index is 6.33. The van der Waals surface area contributed by atoms with Crippen LogP contribution in [-0.2, 0) is 0 Å². The van der Waals surface area contributed by atoms with Crippen molar-refractivity contribution in [2.75, 3.05) is 6.54 Å². The van der Waals surface area contributed by atoms with E-state index < -0.39 is 0 Å². The van der Waals surface area contributed by atoms with Crippen LogP contribution in [0.2, 0.25) is 5.02 Å². The quantitative estimate of drug-likeness (QED) is 0.627. The van der Waals surface area contributed by atoms with Crippen LogP contribution in [-0.4, -0.2) is 11.5 Å². The Morgan fingerprint density at radius 3 is 2.65 bits per heavy atom. The molecule has 0 saturated heterocycles. The molecule has 0 aromatic carbocycles. The molecule has 1 heterocycles. The number of pyridine rings is 1. The minimum absolute atomic E-state index is 0.283. The molecule has 1 aromatic rings. The summed E-state index contributed by atoms with van der Waals surface area (Å²) in [6.07, 6.45) is 9.23. The van der Waals surface area contributed by atoms with E-state index in [4.69, 9.17) is 11.6 Å². The summed E-state index contributed by atoms with van der Waals surface area (Å²) in [4.78, 5) is 4.50. The molecule has 2 unspecified atom stereocenters. The molecular weight excluding hydrogens is 268 g/mol. The fourth-order valence-electron chi connectivity index (χ4n) is 2.58. The second-order valence-corrected chi connectivity index (χ2v) is 5.94. The van der Waals surface area contributed by atoms with Crippen LogP contribution >= 0.6 is 11.6 Å². The lowest BCUT2D eigenvalue weighted by Crippen LogP contribution is -2.25. The molecule has 0 radical (unpaired) electrons. The number of aromatic nitrogens is 1. The van der Waals surface area contributed by atoms with Crippen LogP contribution in [0.1, 0.15) is 71.0 Å². The molecule has 1 rings (SSSR count). The highest BCUT2D eigenvalue weighted by atomic mass is 35.5. The highest BCUT2D eigenvalue weighted by Gasteiger charge is 2.19. The number of nitrogens with zero attached hydrogens (tertiary/aromatic N) is 1.